The molecule has 0 saturated heterocycles. The van der Waals surface area contributed by atoms with Crippen molar-refractivity contribution in [3.8, 4) is 16.9 Å². The number of hydrogen-bond acceptors (Lipinski definition) is 4. The highest BCUT2D eigenvalue weighted by atomic mass is 35.5. The molecule has 1 fully saturated rings. The lowest BCUT2D eigenvalue weighted by Crippen LogP contribution is -2.23. The molecule has 1 aliphatic carbocycles. The zero-order valence-electron chi connectivity index (χ0n) is 22.3. The maximum atomic E-state index is 15.4. The van der Waals surface area contributed by atoms with Crippen molar-refractivity contribution < 1.29 is 18.0 Å². The molecule has 40 heavy (non-hydrogen) atoms. The molecule has 0 spiro atoms. The van der Waals surface area contributed by atoms with Crippen LogP contribution in [0.5, 0.6) is 0 Å². The van der Waals surface area contributed by atoms with Gasteiger partial charge in [0.05, 0.1) is 16.9 Å². The molecule has 1 amide bonds. The fraction of sp³-hybridized carbons (Fsp3) is 0.267. The van der Waals surface area contributed by atoms with Crippen LogP contribution >= 0.6 is 11.6 Å². The Morgan fingerprint density at radius 1 is 1.10 bits per heavy atom. The van der Waals surface area contributed by atoms with E-state index in [0.29, 0.717) is 28.9 Å². The third-order valence-electron chi connectivity index (χ3n) is 7.24. The number of carbonyl (C=O) groups is 1. The van der Waals surface area contributed by atoms with Crippen molar-refractivity contribution in [2.45, 2.75) is 38.5 Å². The van der Waals surface area contributed by atoms with E-state index in [-0.39, 0.29) is 39.4 Å². The molecule has 6 nitrogen and oxygen atoms in total. The minimum absolute atomic E-state index is 0.0398. The summed E-state index contributed by atoms with van der Waals surface area (Å²) in [6.07, 6.45) is 0.925. The van der Waals surface area contributed by atoms with Crippen molar-refractivity contribution in [1.82, 2.24) is 19.4 Å². The molecule has 3 aromatic heterocycles. The van der Waals surface area contributed by atoms with Crippen molar-refractivity contribution in [2.75, 3.05) is 14.1 Å². The fourth-order valence-corrected chi connectivity index (χ4v) is 5.34. The molecule has 1 aromatic carbocycles. The van der Waals surface area contributed by atoms with E-state index in [1.165, 1.54) is 33.9 Å². The number of aryl methyl sites for hydroxylation is 2. The van der Waals surface area contributed by atoms with Gasteiger partial charge in [-0.05, 0) is 85.2 Å². The van der Waals surface area contributed by atoms with Crippen LogP contribution in [0.1, 0.15) is 63.1 Å². The lowest BCUT2D eigenvalue weighted by molar-refractivity contribution is 0.0823. The van der Waals surface area contributed by atoms with Crippen LogP contribution in [0.3, 0.4) is 0 Å². The summed E-state index contributed by atoms with van der Waals surface area (Å²) < 4.78 is 43.1. The van der Waals surface area contributed by atoms with E-state index >= 15 is 4.39 Å². The Bertz CT molecular complexity index is 1700. The topological polar surface area (TPSA) is 68.1 Å². The summed E-state index contributed by atoms with van der Waals surface area (Å²) in [4.78, 5) is 35.4. The Balaban J connectivity index is 1.53. The average Bonchev–Trinajstić information content (AvgIpc) is 3.72. The quantitative estimate of drug-likeness (QED) is 0.263. The first kappa shape index (κ1) is 27.6. The van der Waals surface area contributed by atoms with Gasteiger partial charge in [-0.3, -0.25) is 24.1 Å². The summed E-state index contributed by atoms with van der Waals surface area (Å²) in [6, 6.07) is 11.1. The number of carbonyl (C=O) groups excluding carboxylic acids is 1. The number of nitrogens with zero attached hydrogens (tertiary/aromatic N) is 4. The third-order valence-corrected chi connectivity index (χ3v) is 7.61. The van der Waals surface area contributed by atoms with Crippen molar-refractivity contribution in [2.24, 2.45) is 0 Å². The highest BCUT2D eigenvalue weighted by molar-refractivity contribution is 6.31. The lowest BCUT2D eigenvalue weighted by atomic mass is 10.0. The fourth-order valence-electron chi connectivity index (χ4n) is 5.06. The maximum Gasteiger partial charge on any atom is 0.280 e. The minimum Gasteiger partial charge on any atom is -0.345 e. The summed E-state index contributed by atoms with van der Waals surface area (Å²) in [6.45, 7) is 3.56. The predicted molar refractivity (Wildman–Crippen MR) is 147 cm³/mol. The average molecular weight is 567 g/mol. The number of alkyl halides is 2. The van der Waals surface area contributed by atoms with E-state index in [4.69, 9.17) is 11.6 Å². The number of pyridine rings is 3. The van der Waals surface area contributed by atoms with Gasteiger partial charge >= 0.3 is 0 Å². The van der Waals surface area contributed by atoms with Gasteiger partial charge in [0.15, 0.2) is 0 Å². The smallest absolute Gasteiger partial charge is 0.280 e. The molecule has 1 aliphatic rings. The van der Waals surface area contributed by atoms with E-state index in [2.05, 4.69) is 9.97 Å². The van der Waals surface area contributed by atoms with Gasteiger partial charge in [0, 0.05) is 37.7 Å². The Hall–Kier alpha value is -3.98. The van der Waals surface area contributed by atoms with Gasteiger partial charge in [-0.2, -0.15) is 0 Å². The molecular weight excluding hydrogens is 541 g/mol. The molecule has 4 aromatic rings. The summed E-state index contributed by atoms with van der Waals surface area (Å²) in [7, 11) is 3.08. The van der Waals surface area contributed by atoms with Crippen molar-refractivity contribution in [3.63, 3.8) is 0 Å². The molecule has 0 unspecified atom stereocenters. The van der Waals surface area contributed by atoms with Gasteiger partial charge in [-0.25, -0.2) is 13.2 Å². The Morgan fingerprint density at radius 2 is 1.85 bits per heavy atom. The summed E-state index contributed by atoms with van der Waals surface area (Å²) in [5.74, 6) is -1.30. The SMILES string of the molecule is Cc1cnc(-c2cccc(C(=O)N(C)C)c2F)cc1-n1c(C)cc([C@H]2C[C@@H]2c2ccnc(C(F)F)c2)c(Cl)c1=O. The number of aromatic nitrogens is 3. The van der Waals surface area contributed by atoms with E-state index in [9.17, 15) is 18.4 Å². The molecule has 10 heteroatoms. The predicted octanol–water partition coefficient (Wildman–Crippen LogP) is 6.61. The molecule has 2 atom stereocenters. The first-order valence-electron chi connectivity index (χ1n) is 12.6. The van der Waals surface area contributed by atoms with Gasteiger partial charge in [0.2, 0.25) is 0 Å². The van der Waals surface area contributed by atoms with Crippen molar-refractivity contribution in [3.05, 3.63) is 110 Å². The second-order valence-corrected chi connectivity index (χ2v) is 10.6. The zero-order valence-corrected chi connectivity index (χ0v) is 23.0. The monoisotopic (exact) mass is 566 g/mol. The first-order chi connectivity index (χ1) is 19.0. The normalized spacial score (nSPS) is 16.3. The van der Waals surface area contributed by atoms with Crippen LogP contribution in [0, 0.1) is 19.7 Å². The van der Waals surface area contributed by atoms with E-state index < -0.39 is 23.7 Å². The molecule has 1 saturated carbocycles. The van der Waals surface area contributed by atoms with Crippen LogP contribution in [-0.2, 0) is 0 Å². The van der Waals surface area contributed by atoms with Crippen LogP contribution in [0.25, 0.3) is 16.9 Å². The number of amides is 1. The van der Waals surface area contributed by atoms with Crippen LogP contribution in [-0.4, -0.2) is 39.4 Å². The minimum atomic E-state index is -2.66. The van der Waals surface area contributed by atoms with Gasteiger partial charge in [0.1, 0.15) is 16.5 Å². The van der Waals surface area contributed by atoms with Gasteiger partial charge in [0.25, 0.3) is 17.9 Å². The lowest BCUT2D eigenvalue weighted by Gasteiger charge is -2.17. The second-order valence-electron chi connectivity index (χ2n) is 10.2. The second kappa shape index (κ2) is 10.5. The van der Waals surface area contributed by atoms with Crippen LogP contribution in [0.4, 0.5) is 13.2 Å². The molecular formula is C30H26ClF3N4O2. The molecule has 3 heterocycles. The van der Waals surface area contributed by atoms with E-state index in [1.54, 1.807) is 52.3 Å². The summed E-state index contributed by atoms with van der Waals surface area (Å²) in [5, 5.41) is 0.0451. The molecule has 0 aliphatic heterocycles. The van der Waals surface area contributed by atoms with Crippen LogP contribution in [0.2, 0.25) is 5.02 Å². The van der Waals surface area contributed by atoms with Gasteiger partial charge < -0.3 is 4.90 Å². The van der Waals surface area contributed by atoms with Crippen molar-refractivity contribution in [1.29, 1.82) is 0 Å². The van der Waals surface area contributed by atoms with E-state index in [1.807, 2.05) is 6.07 Å². The number of benzene rings is 1. The molecule has 206 valence electrons. The number of rotatable bonds is 6. The number of hydrogen-bond donors (Lipinski definition) is 0. The Labute approximate surface area is 234 Å². The summed E-state index contributed by atoms with van der Waals surface area (Å²) >= 11 is 6.63. The molecule has 0 N–H and O–H groups in total. The molecule has 0 radical (unpaired) electrons. The standard InChI is InChI=1S/C30H26ClF3N4O2/c1-15-14-36-23(18-6-5-7-19(27(18)32)29(39)37(3)4)13-25(15)38-16(2)10-22(26(31)30(38)40)21-12-20(21)17-8-9-35-24(11-17)28(33)34/h5-11,13-14,20-21,28H,12H2,1-4H3/t20-,21+/m1/s1. The Kier molecular flexibility index (Phi) is 7.27. The van der Waals surface area contributed by atoms with Crippen molar-refractivity contribution >= 4 is 17.5 Å². The molecule has 0 bridgehead atoms. The first-order valence-corrected chi connectivity index (χ1v) is 13.0. The summed E-state index contributed by atoms with van der Waals surface area (Å²) in [5.41, 5.74) is 2.73. The molecule has 5 rings (SSSR count). The third kappa shape index (κ3) is 4.90. The van der Waals surface area contributed by atoms with Gasteiger partial charge in [-0.15, -0.1) is 0 Å². The highest BCUT2D eigenvalue weighted by Crippen LogP contribution is 2.56. The van der Waals surface area contributed by atoms with Crippen LogP contribution < -0.4 is 5.56 Å². The maximum absolute atomic E-state index is 15.4. The van der Waals surface area contributed by atoms with Crippen LogP contribution in [0.15, 0.2) is 59.7 Å². The van der Waals surface area contributed by atoms with Gasteiger partial charge in [-0.1, -0.05) is 17.7 Å². The zero-order chi connectivity index (χ0) is 28.9. The largest absolute Gasteiger partial charge is 0.345 e. The highest BCUT2D eigenvalue weighted by Gasteiger charge is 2.42. The number of halogens is 4. The Morgan fingerprint density at radius 3 is 2.55 bits per heavy atom. The van der Waals surface area contributed by atoms with E-state index in [0.717, 1.165) is 5.56 Å².